The van der Waals surface area contributed by atoms with Crippen LogP contribution in [0, 0.1) is 13.8 Å². The van der Waals surface area contributed by atoms with E-state index in [1.807, 2.05) is 32.9 Å². The number of rotatable bonds is 8. The van der Waals surface area contributed by atoms with Crippen LogP contribution in [0.15, 0.2) is 60.2 Å². The number of nitrogens with zero attached hydrogens (tertiary/aromatic N) is 2. The van der Waals surface area contributed by atoms with Crippen molar-refractivity contribution in [1.82, 2.24) is 4.98 Å². The number of carbonyl (C=O) groups excluding carboxylic acids is 2. The molecule has 1 amide bonds. The number of ketones is 1. The maximum Gasteiger partial charge on any atom is 0.301 e. The number of fused-ring (bicyclic) bond motifs is 1. The predicted octanol–water partition coefficient (Wildman–Crippen LogP) is 6.35. The van der Waals surface area contributed by atoms with Crippen molar-refractivity contribution in [2.24, 2.45) is 0 Å². The van der Waals surface area contributed by atoms with Crippen LogP contribution in [0.3, 0.4) is 0 Å². The van der Waals surface area contributed by atoms with Gasteiger partial charge in [0.2, 0.25) is 0 Å². The lowest BCUT2D eigenvalue weighted by molar-refractivity contribution is -0.132. The Kier molecular flexibility index (Phi) is 7.49. The molecule has 1 saturated heterocycles. The van der Waals surface area contributed by atoms with Gasteiger partial charge in [-0.25, -0.2) is 4.98 Å². The monoisotopic (exact) mass is 558 g/mol. The van der Waals surface area contributed by atoms with Crippen LogP contribution in [0.5, 0.6) is 17.2 Å². The molecule has 1 unspecified atom stereocenters. The molecule has 1 aromatic heterocycles. The Morgan fingerprint density at radius 3 is 2.40 bits per heavy atom. The average molecular weight is 559 g/mol. The summed E-state index contributed by atoms with van der Waals surface area (Å²) in [7, 11) is 3.04. The molecule has 0 radical (unpaired) electrons. The highest BCUT2D eigenvalue weighted by atomic mass is 32.1. The molecule has 1 aliphatic heterocycles. The highest BCUT2D eigenvalue weighted by molar-refractivity contribution is 7.22. The lowest BCUT2D eigenvalue weighted by atomic mass is 9.95. The Bertz CT molecular complexity index is 1640. The zero-order chi connectivity index (χ0) is 28.6. The number of thiazole rings is 1. The summed E-state index contributed by atoms with van der Waals surface area (Å²) in [5, 5.41) is 11.9. The van der Waals surface area contributed by atoms with Gasteiger partial charge in [0.1, 0.15) is 11.5 Å². The Morgan fingerprint density at radius 2 is 1.73 bits per heavy atom. The van der Waals surface area contributed by atoms with Crippen LogP contribution >= 0.6 is 11.3 Å². The molecule has 8 nitrogen and oxygen atoms in total. The number of aliphatic hydroxyl groups excluding tert-OH is 1. The summed E-state index contributed by atoms with van der Waals surface area (Å²) in [6.07, 6.45) is 0.862. The van der Waals surface area contributed by atoms with Gasteiger partial charge in [-0.2, -0.15) is 0 Å². The summed E-state index contributed by atoms with van der Waals surface area (Å²) < 4.78 is 17.5. The number of anilines is 1. The number of carbonyl (C=O) groups is 2. The summed E-state index contributed by atoms with van der Waals surface area (Å²) in [6.45, 7) is 6.55. The van der Waals surface area contributed by atoms with E-state index in [0.717, 1.165) is 27.8 Å². The number of aliphatic hydroxyl groups is 1. The van der Waals surface area contributed by atoms with Crippen LogP contribution in [0.2, 0.25) is 0 Å². The van der Waals surface area contributed by atoms with E-state index in [1.54, 1.807) is 42.5 Å². The number of hydrogen-bond acceptors (Lipinski definition) is 8. The summed E-state index contributed by atoms with van der Waals surface area (Å²) >= 11 is 1.33. The average Bonchev–Trinajstić information content (AvgIpc) is 3.49. The van der Waals surface area contributed by atoms with E-state index in [2.05, 4.69) is 0 Å². The number of Topliss-reactive ketones (excluding diaryl/α,β-unsaturated/α-hetero) is 1. The number of methoxy groups -OCH3 is 2. The van der Waals surface area contributed by atoms with E-state index in [1.165, 1.54) is 30.5 Å². The van der Waals surface area contributed by atoms with Crippen LogP contribution in [0.4, 0.5) is 5.13 Å². The van der Waals surface area contributed by atoms with E-state index < -0.39 is 17.7 Å². The molecule has 0 bridgehead atoms. The topological polar surface area (TPSA) is 98.2 Å². The second-order valence-electron chi connectivity index (χ2n) is 9.58. The van der Waals surface area contributed by atoms with Gasteiger partial charge >= 0.3 is 5.91 Å². The molecule has 3 aromatic carbocycles. The minimum absolute atomic E-state index is 0.0356. The zero-order valence-electron chi connectivity index (χ0n) is 23.0. The van der Waals surface area contributed by atoms with Crippen molar-refractivity contribution >= 4 is 44.1 Å². The van der Waals surface area contributed by atoms with E-state index in [4.69, 9.17) is 19.2 Å². The molecular weight excluding hydrogens is 528 g/mol. The fourth-order valence-electron chi connectivity index (χ4n) is 4.91. The molecule has 1 aliphatic rings. The van der Waals surface area contributed by atoms with Crippen molar-refractivity contribution < 1.29 is 28.9 Å². The summed E-state index contributed by atoms with van der Waals surface area (Å²) in [5.41, 5.74) is 3.73. The molecule has 40 heavy (non-hydrogen) atoms. The van der Waals surface area contributed by atoms with E-state index in [0.29, 0.717) is 40.1 Å². The number of benzene rings is 3. The Labute approximate surface area is 236 Å². The van der Waals surface area contributed by atoms with Crippen molar-refractivity contribution in [1.29, 1.82) is 0 Å². The molecular formula is C31H30N2O6S. The Balaban J connectivity index is 1.70. The molecule has 1 N–H and O–H groups in total. The molecule has 1 fully saturated rings. The number of ether oxygens (including phenoxy) is 3. The van der Waals surface area contributed by atoms with Crippen molar-refractivity contribution in [2.45, 2.75) is 33.2 Å². The molecule has 0 spiro atoms. The highest BCUT2D eigenvalue weighted by Gasteiger charge is 2.48. The number of amides is 1. The number of hydrogen-bond donors (Lipinski definition) is 1. The third kappa shape index (κ3) is 4.77. The number of aromatic nitrogens is 1. The molecule has 2 heterocycles. The largest absolute Gasteiger partial charge is 0.507 e. The second-order valence-corrected chi connectivity index (χ2v) is 10.6. The third-order valence-electron chi connectivity index (χ3n) is 6.79. The number of aryl methyl sites for hydroxylation is 2. The lowest BCUT2D eigenvalue weighted by Crippen LogP contribution is -2.29. The molecule has 0 aliphatic carbocycles. The molecule has 9 heteroatoms. The maximum atomic E-state index is 13.6. The van der Waals surface area contributed by atoms with Crippen molar-refractivity contribution in [2.75, 3.05) is 25.7 Å². The van der Waals surface area contributed by atoms with Gasteiger partial charge in [0, 0.05) is 5.56 Å². The van der Waals surface area contributed by atoms with Crippen LogP contribution in [0.1, 0.15) is 41.6 Å². The van der Waals surface area contributed by atoms with Crippen LogP contribution in [-0.2, 0) is 9.59 Å². The standard InChI is InChI=1S/C31H30N2O6S/c1-6-13-39-21-10-7-19(8-11-21)28(34)25-27(20-9-12-22(37-4)23(16-20)38-5)33(30(36)29(25)35)31-32-26-18(3)14-17(2)15-24(26)40-31/h7-12,14-16,27,34H,6,13H2,1-5H3. The minimum Gasteiger partial charge on any atom is -0.507 e. The molecule has 1 atom stereocenters. The summed E-state index contributed by atoms with van der Waals surface area (Å²) in [5.74, 6) is -0.268. The van der Waals surface area contributed by atoms with Gasteiger partial charge in [0.25, 0.3) is 5.78 Å². The highest BCUT2D eigenvalue weighted by Crippen LogP contribution is 2.46. The zero-order valence-corrected chi connectivity index (χ0v) is 23.8. The van der Waals surface area contributed by atoms with Gasteiger partial charge < -0.3 is 19.3 Å². The maximum absolute atomic E-state index is 13.6. The quantitative estimate of drug-likeness (QED) is 0.153. The Hall–Kier alpha value is -4.37. The van der Waals surface area contributed by atoms with Gasteiger partial charge in [-0.05, 0) is 79.4 Å². The van der Waals surface area contributed by atoms with E-state index >= 15 is 0 Å². The van der Waals surface area contributed by atoms with Gasteiger partial charge in [-0.1, -0.05) is 30.4 Å². The van der Waals surface area contributed by atoms with Gasteiger partial charge in [0.05, 0.1) is 42.7 Å². The third-order valence-corrected chi connectivity index (χ3v) is 7.79. The van der Waals surface area contributed by atoms with Crippen LogP contribution < -0.4 is 19.1 Å². The first kappa shape index (κ1) is 27.2. The van der Waals surface area contributed by atoms with Crippen molar-refractivity contribution in [3.8, 4) is 17.2 Å². The molecule has 0 saturated carbocycles. The van der Waals surface area contributed by atoms with Gasteiger partial charge in [-0.3, -0.25) is 14.5 Å². The fourth-order valence-corrected chi connectivity index (χ4v) is 6.08. The fraction of sp³-hybridized carbons (Fsp3) is 0.258. The van der Waals surface area contributed by atoms with Crippen molar-refractivity contribution in [3.05, 3.63) is 82.4 Å². The molecule has 5 rings (SSSR count). The smallest absolute Gasteiger partial charge is 0.301 e. The molecule has 4 aromatic rings. The predicted molar refractivity (Wildman–Crippen MR) is 156 cm³/mol. The van der Waals surface area contributed by atoms with Gasteiger partial charge in [-0.15, -0.1) is 0 Å². The van der Waals surface area contributed by atoms with Gasteiger partial charge in [0.15, 0.2) is 16.6 Å². The second kappa shape index (κ2) is 11.0. The van der Waals surface area contributed by atoms with Crippen molar-refractivity contribution in [3.63, 3.8) is 0 Å². The normalized spacial score (nSPS) is 16.5. The lowest BCUT2D eigenvalue weighted by Gasteiger charge is -2.23. The summed E-state index contributed by atoms with van der Waals surface area (Å²) in [6, 6.07) is 15.1. The Morgan fingerprint density at radius 1 is 1.00 bits per heavy atom. The van der Waals surface area contributed by atoms with E-state index in [9.17, 15) is 14.7 Å². The van der Waals surface area contributed by atoms with E-state index in [-0.39, 0.29) is 11.3 Å². The first-order chi connectivity index (χ1) is 19.3. The minimum atomic E-state index is -0.946. The molecule has 206 valence electrons. The first-order valence-electron chi connectivity index (χ1n) is 12.9. The SMILES string of the molecule is CCCOc1ccc(C(O)=C2C(=O)C(=O)N(c3nc4c(C)cc(C)cc4s3)C2c2ccc(OC)c(OC)c2)cc1. The van der Waals surface area contributed by atoms with Crippen LogP contribution in [0.25, 0.3) is 16.0 Å². The first-order valence-corrected chi connectivity index (χ1v) is 13.7. The van der Waals surface area contributed by atoms with Crippen LogP contribution in [-0.4, -0.2) is 42.6 Å². The summed E-state index contributed by atoms with van der Waals surface area (Å²) in [4.78, 5) is 33.4.